The highest BCUT2D eigenvalue weighted by Crippen LogP contribution is 2.32. The van der Waals surface area contributed by atoms with E-state index in [4.69, 9.17) is 14.2 Å². The molecule has 2 aromatic carbocycles. The van der Waals surface area contributed by atoms with Gasteiger partial charge in [-0.15, -0.1) is 0 Å². The second-order valence-electron chi connectivity index (χ2n) is 6.05. The first-order chi connectivity index (χ1) is 11.3. The highest BCUT2D eigenvalue weighted by molar-refractivity contribution is 5.44. The number of rotatable bonds is 4. The average molecular weight is 311 g/mol. The van der Waals surface area contributed by atoms with E-state index in [9.17, 15) is 0 Å². The largest absolute Gasteiger partial charge is 0.493 e. The molecule has 0 aromatic heterocycles. The first kappa shape index (κ1) is 14.4. The SMILES string of the molecule is C[C@@H](NCc1ccc2c(c1)CCO2)c1ccc2c(c1)OCCO2. The zero-order chi connectivity index (χ0) is 15.6. The molecule has 4 rings (SSSR count). The molecule has 0 amide bonds. The van der Waals surface area contributed by atoms with Gasteiger partial charge in [0.25, 0.3) is 0 Å². The minimum absolute atomic E-state index is 0.246. The normalized spacial score (nSPS) is 16.6. The third kappa shape index (κ3) is 2.99. The monoisotopic (exact) mass is 311 g/mol. The lowest BCUT2D eigenvalue weighted by Gasteiger charge is -2.21. The van der Waals surface area contributed by atoms with Crippen LogP contribution in [0.15, 0.2) is 36.4 Å². The molecule has 0 aliphatic carbocycles. The van der Waals surface area contributed by atoms with Gasteiger partial charge in [-0.05, 0) is 41.8 Å². The van der Waals surface area contributed by atoms with Crippen LogP contribution in [0.25, 0.3) is 0 Å². The van der Waals surface area contributed by atoms with Crippen LogP contribution in [-0.4, -0.2) is 19.8 Å². The average Bonchev–Trinajstić information content (AvgIpc) is 3.07. The first-order valence-electron chi connectivity index (χ1n) is 8.17. The van der Waals surface area contributed by atoms with E-state index in [2.05, 4.69) is 42.6 Å². The molecule has 0 radical (unpaired) electrons. The molecule has 4 nitrogen and oxygen atoms in total. The van der Waals surface area contributed by atoms with E-state index in [1.807, 2.05) is 6.07 Å². The van der Waals surface area contributed by atoms with E-state index in [1.54, 1.807) is 0 Å². The molecule has 2 aliphatic heterocycles. The Kier molecular flexibility index (Phi) is 3.83. The summed E-state index contributed by atoms with van der Waals surface area (Å²) in [5.74, 6) is 2.72. The van der Waals surface area contributed by atoms with Gasteiger partial charge in [-0.3, -0.25) is 0 Å². The van der Waals surface area contributed by atoms with Crippen LogP contribution in [-0.2, 0) is 13.0 Å². The van der Waals surface area contributed by atoms with Crippen LogP contribution in [0.4, 0.5) is 0 Å². The van der Waals surface area contributed by atoms with Crippen molar-refractivity contribution in [3.8, 4) is 17.2 Å². The molecule has 0 saturated carbocycles. The number of nitrogens with one attached hydrogen (secondary N) is 1. The van der Waals surface area contributed by atoms with Gasteiger partial charge in [0.2, 0.25) is 0 Å². The Hall–Kier alpha value is -2.20. The van der Waals surface area contributed by atoms with Gasteiger partial charge >= 0.3 is 0 Å². The molecule has 1 atom stereocenters. The van der Waals surface area contributed by atoms with Gasteiger partial charge in [-0.2, -0.15) is 0 Å². The highest BCUT2D eigenvalue weighted by Gasteiger charge is 2.15. The van der Waals surface area contributed by atoms with E-state index in [1.165, 1.54) is 16.7 Å². The van der Waals surface area contributed by atoms with Crippen molar-refractivity contribution < 1.29 is 14.2 Å². The fourth-order valence-corrected chi connectivity index (χ4v) is 3.07. The summed E-state index contributed by atoms with van der Waals surface area (Å²) in [6, 6.07) is 12.9. The third-order valence-corrected chi connectivity index (χ3v) is 4.43. The van der Waals surface area contributed by atoms with Gasteiger partial charge in [0, 0.05) is 19.0 Å². The van der Waals surface area contributed by atoms with Crippen molar-refractivity contribution in [1.29, 1.82) is 0 Å². The van der Waals surface area contributed by atoms with Crippen molar-refractivity contribution in [3.05, 3.63) is 53.1 Å². The quantitative estimate of drug-likeness (QED) is 0.941. The molecule has 2 aromatic rings. The predicted molar refractivity (Wildman–Crippen MR) is 88.3 cm³/mol. The third-order valence-electron chi connectivity index (χ3n) is 4.43. The molecule has 0 bridgehead atoms. The van der Waals surface area contributed by atoms with Crippen LogP contribution in [0, 0.1) is 0 Å². The van der Waals surface area contributed by atoms with E-state index in [0.29, 0.717) is 13.2 Å². The Bertz CT molecular complexity index is 714. The topological polar surface area (TPSA) is 39.7 Å². The van der Waals surface area contributed by atoms with E-state index < -0.39 is 0 Å². The summed E-state index contributed by atoms with van der Waals surface area (Å²) in [7, 11) is 0. The first-order valence-corrected chi connectivity index (χ1v) is 8.17. The number of ether oxygens (including phenoxy) is 3. The maximum atomic E-state index is 5.66. The van der Waals surface area contributed by atoms with Gasteiger partial charge in [0.05, 0.1) is 6.61 Å². The molecule has 0 spiro atoms. The molecule has 0 unspecified atom stereocenters. The molecule has 23 heavy (non-hydrogen) atoms. The van der Waals surface area contributed by atoms with Crippen LogP contribution in [0.5, 0.6) is 17.2 Å². The van der Waals surface area contributed by atoms with Crippen molar-refractivity contribution >= 4 is 0 Å². The maximum absolute atomic E-state index is 5.66. The minimum Gasteiger partial charge on any atom is -0.493 e. The number of hydrogen-bond donors (Lipinski definition) is 1. The van der Waals surface area contributed by atoms with Crippen LogP contribution in [0.2, 0.25) is 0 Å². The highest BCUT2D eigenvalue weighted by atomic mass is 16.6. The molecule has 2 heterocycles. The second kappa shape index (κ2) is 6.13. The smallest absolute Gasteiger partial charge is 0.161 e. The summed E-state index contributed by atoms with van der Waals surface area (Å²) in [6.07, 6.45) is 1.01. The van der Waals surface area contributed by atoms with Crippen molar-refractivity contribution in [2.45, 2.75) is 25.9 Å². The molecule has 2 aliphatic rings. The summed E-state index contributed by atoms with van der Waals surface area (Å²) < 4.78 is 16.8. The predicted octanol–water partition coefficient (Wildman–Crippen LogP) is 3.24. The van der Waals surface area contributed by atoms with Crippen molar-refractivity contribution in [3.63, 3.8) is 0 Å². The summed E-state index contributed by atoms with van der Waals surface area (Å²) in [6.45, 7) is 5.06. The standard InChI is InChI=1S/C19H21NO3/c1-13(15-3-5-18-19(11-15)23-9-8-22-18)20-12-14-2-4-17-16(10-14)6-7-21-17/h2-5,10-11,13,20H,6-9,12H2,1H3/t13-/m1/s1. The molecule has 0 fully saturated rings. The molecule has 0 saturated heterocycles. The van der Waals surface area contributed by atoms with Crippen molar-refractivity contribution in [2.24, 2.45) is 0 Å². The molecule has 1 N–H and O–H groups in total. The Morgan fingerprint density at radius 3 is 2.61 bits per heavy atom. The maximum Gasteiger partial charge on any atom is 0.161 e. The zero-order valence-electron chi connectivity index (χ0n) is 13.3. The summed E-state index contributed by atoms with van der Waals surface area (Å²) in [5.41, 5.74) is 3.81. The van der Waals surface area contributed by atoms with Crippen molar-refractivity contribution in [2.75, 3.05) is 19.8 Å². The van der Waals surface area contributed by atoms with Crippen LogP contribution in [0.3, 0.4) is 0 Å². The van der Waals surface area contributed by atoms with E-state index in [0.717, 1.165) is 36.8 Å². The van der Waals surface area contributed by atoms with Crippen LogP contribution < -0.4 is 19.5 Å². The summed E-state index contributed by atoms with van der Waals surface area (Å²) in [5, 5.41) is 3.58. The molecular formula is C19H21NO3. The second-order valence-corrected chi connectivity index (χ2v) is 6.05. The van der Waals surface area contributed by atoms with Crippen molar-refractivity contribution in [1.82, 2.24) is 5.32 Å². The molecule has 120 valence electrons. The van der Waals surface area contributed by atoms with Gasteiger partial charge in [0.15, 0.2) is 11.5 Å². The lowest BCUT2D eigenvalue weighted by molar-refractivity contribution is 0.171. The number of fused-ring (bicyclic) bond motifs is 2. The van der Waals surface area contributed by atoms with Crippen LogP contribution in [0.1, 0.15) is 29.7 Å². The number of benzene rings is 2. The Labute approximate surface area is 136 Å². The lowest BCUT2D eigenvalue weighted by Crippen LogP contribution is -2.19. The number of hydrogen-bond acceptors (Lipinski definition) is 4. The van der Waals surface area contributed by atoms with E-state index >= 15 is 0 Å². The zero-order valence-corrected chi connectivity index (χ0v) is 13.3. The lowest BCUT2D eigenvalue weighted by atomic mass is 10.1. The van der Waals surface area contributed by atoms with Gasteiger partial charge in [0.1, 0.15) is 19.0 Å². The summed E-state index contributed by atoms with van der Waals surface area (Å²) >= 11 is 0. The summed E-state index contributed by atoms with van der Waals surface area (Å²) in [4.78, 5) is 0. The fourth-order valence-electron chi connectivity index (χ4n) is 3.07. The Balaban J connectivity index is 1.42. The van der Waals surface area contributed by atoms with Gasteiger partial charge in [-0.25, -0.2) is 0 Å². The minimum atomic E-state index is 0.246. The van der Waals surface area contributed by atoms with Gasteiger partial charge in [-0.1, -0.05) is 18.2 Å². The Morgan fingerprint density at radius 1 is 0.913 bits per heavy atom. The Morgan fingerprint density at radius 2 is 1.70 bits per heavy atom. The molecule has 4 heteroatoms. The molecular weight excluding hydrogens is 290 g/mol. The van der Waals surface area contributed by atoms with E-state index in [-0.39, 0.29) is 6.04 Å². The van der Waals surface area contributed by atoms with Gasteiger partial charge < -0.3 is 19.5 Å². The fraction of sp³-hybridized carbons (Fsp3) is 0.368. The van der Waals surface area contributed by atoms with Crippen LogP contribution >= 0.6 is 0 Å².